The Bertz CT molecular complexity index is 372. The molecule has 0 radical (unpaired) electrons. The molecule has 0 unspecified atom stereocenters. The monoisotopic (exact) mass is 301 g/mol. The lowest BCUT2D eigenvalue weighted by Crippen LogP contribution is -2.42. The van der Waals surface area contributed by atoms with Crippen molar-refractivity contribution in [1.29, 1.82) is 0 Å². The van der Waals surface area contributed by atoms with Gasteiger partial charge in [0.2, 0.25) is 5.91 Å². The summed E-state index contributed by atoms with van der Waals surface area (Å²) in [6.45, 7) is 7.55. The maximum atomic E-state index is 11.6. The van der Waals surface area contributed by atoms with Crippen LogP contribution in [0.25, 0.3) is 0 Å². The molecule has 0 heterocycles. The predicted octanol–water partition coefficient (Wildman–Crippen LogP) is 0.0694. The molecule has 0 saturated heterocycles. The summed E-state index contributed by atoms with van der Waals surface area (Å²) >= 11 is 0. The van der Waals surface area contributed by atoms with Crippen molar-refractivity contribution in [2.45, 2.75) is 52.2 Å². The number of amides is 2. The molecule has 8 heteroatoms. The summed E-state index contributed by atoms with van der Waals surface area (Å²) in [5.41, 5.74) is 9.83. The largest absolute Gasteiger partial charge is 0.444 e. The first-order valence-electron chi connectivity index (χ1n) is 6.92. The van der Waals surface area contributed by atoms with Crippen LogP contribution in [0.5, 0.6) is 0 Å². The number of aliphatic imine (C=N–C) groups is 1. The number of alkyl carbamates (subject to hydrolysis) is 1. The maximum Gasteiger partial charge on any atom is 0.408 e. The standard InChI is InChI=1S/C13H27N5O3/c1-9(6-5-7-16-11(14)15)18-10(19)8-17-12(20)21-13(2,3)4/h9H,5-8H2,1-4H3,(H,17,20)(H,18,19)(H4,14,15,16)/t9-/m0/s1. The zero-order chi connectivity index (χ0) is 16.5. The van der Waals surface area contributed by atoms with E-state index >= 15 is 0 Å². The summed E-state index contributed by atoms with van der Waals surface area (Å²) in [4.78, 5) is 26.8. The van der Waals surface area contributed by atoms with E-state index in [1.807, 2.05) is 6.92 Å². The quantitative estimate of drug-likeness (QED) is 0.300. The van der Waals surface area contributed by atoms with Crippen molar-refractivity contribution >= 4 is 18.0 Å². The van der Waals surface area contributed by atoms with E-state index in [4.69, 9.17) is 16.2 Å². The van der Waals surface area contributed by atoms with Gasteiger partial charge in [0.1, 0.15) is 12.1 Å². The van der Waals surface area contributed by atoms with Crippen molar-refractivity contribution in [3.8, 4) is 0 Å². The number of rotatable bonds is 7. The third-order valence-electron chi connectivity index (χ3n) is 2.29. The molecule has 0 aliphatic carbocycles. The van der Waals surface area contributed by atoms with Gasteiger partial charge < -0.3 is 26.8 Å². The molecule has 6 N–H and O–H groups in total. The fourth-order valence-electron chi connectivity index (χ4n) is 1.47. The zero-order valence-electron chi connectivity index (χ0n) is 13.2. The average molecular weight is 301 g/mol. The van der Waals surface area contributed by atoms with Crippen LogP contribution in [0.1, 0.15) is 40.5 Å². The smallest absolute Gasteiger partial charge is 0.408 e. The van der Waals surface area contributed by atoms with Crippen LogP contribution in [0.2, 0.25) is 0 Å². The molecule has 0 fully saturated rings. The number of hydrogen-bond donors (Lipinski definition) is 4. The Hall–Kier alpha value is -1.99. The first kappa shape index (κ1) is 19.0. The molecule has 0 aliphatic rings. The van der Waals surface area contributed by atoms with Crippen LogP contribution in [0, 0.1) is 0 Å². The second-order valence-electron chi connectivity index (χ2n) is 5.77. The topological polar surface area (TPSA) is 132 Å². The van der Waals surface area contributed by atoms with E-state index in [1.54, 1.807) is 20.8 Å². The van der Waals surface area contributed by atoms with Gasteiger partial charge in [-0.3, -0.25) is 9.79 Å². The summed E-state index contributed by atoms with van der Waals surface area (Å²) in [7, 11) is 0. The fraction of sp³-hybridized carbons (Fsp3) is 0.769. The molecule has 0 rings (SSSR count). The van der Waals surface area contributed by atoms with Gasteiger partial charge in [0.15, 0.2) is 5.96 Å². The SMILES string of the molecule is C[C@@H](CCCN=C(N)N)NC(=O)CNC(=O)OC(C)(C)C. The first-order chi connectivity index (χ1) is 9.60. The van der Waals surface area contributed by atoms with Crippen molar-refractivity contribution in [1.82, 2.24) is 10.6 Å². The first-order valence-corrected chi connectivity index (χ1v) is 6.92. The highest BCUT2D eigenvalue weighted by molar-refractivity contribution is 5.82. The lowest BCUT2D eigenvalue weighted by Gasteiger charge is -2.20. The number of nitrogens with one attached hydrogen (secondary N) is 2. The van der Waals surface area contributed by atoms with E-state index in [0.717, 1.165) is 12.8 Å². The van der Waals surface area contributed by atoms with Crippen LogP contribution in [0.15, 0.2) is 4.99 Å². The van der Waals surface area contributed by atoms with Gasteiger partial charge in [-0.25, -0.2) is 4.79 Å². The predicted molar refractivity (Wildman–Crippen MR) is 81.8 cm³/mol. The number of carbonyl (C=O) groups excluding carboxylic acids is 2. The van der Waals surface area contributed by atoms with E-state index in [9.17, 15) is 9.59 Å². The summed E-state index contributed by atoms with van der Waals surface area (Å²) in [5.74, 6) is -0.205. The summed E-state index contributed by atoms with van der Waals surface area (Å²) < 4.78 is 5.03. The van der Waals surface area contributed by atoms with Crippen LogP contribution in [-0.2, 0) is 9.53 Å². The molecule has 0 aliphatic heterocycles. The molecule has 0 bridgehead atoms. The number of hydrogen-bond acceptors (Lipinski definition) is 4. The van der Waals surface area contributed by atoms with Crippen LogP contribution in [0.3, 0.4) is 0 Å². The Kier molecular flexibility index (Phi) is 8.18. The van der Waals surface area contributed by atoms with Gasteiger partial charge in [-0.05, 0) is 40.5 Å². The fourth-order valence-corrected chi connectivity index (χ4v) is 1.47. The van der Waals surface area contributed by atoms with Crippen LogP contribution in [0.4, 0.5) is 4.79 Å². The molecule has 2 amide bonds. The van der Waals surface area contributed by atoms with Gasteiger partial charge >= 0.3 is 6.09 Å². The minimum atomic E-state index is -0.613. The van der Waals surface area contributed by atoms with Crippen molar-refractivity contribution < 1.29 is 14.3 Å². The van der Waals surface area contributed by atoms with Crippen LogP contribution < -0.4 is 22.1 Å². The van der Waals surface area contributed by atoms with Crippen molar-refractivity contribution in [3.63, 3.8) is 0 Å². The molecule has 0 aromatic rings. The molecule has 21 heavy (non-hydrogen) atoms. The minimum Gasteiger partial charge on any atom is -0.444 e. The lowest BCUT2D eigenvalue weighted by molar-refractivity contribution is -0.120. The van der Waals surface area contributed by atoms with Gasteiger partial charge in [0.05, 0.1) is 0 Å². The van der Waals surface area contributed by atoms with Crippen molar-refractivity contribution in [2.75, 3.05) is 13.1 Å². The summed E-state index contributed by atoms with van der Waals surface area (Å²) in [5, 5.41) is 5.16. The molecule has 8 nitrogen and oxygen atoms in total. The highest BCUT2D eigenvalue weighted by Crippen LogP contribution is 2.06. The number of guanidine groups is 1. The average Bonchev–Trinajstić information content (AvgIpc) is 2.30. The normalized spacial score (nSPS) is 12.2. The molecule has 0 aromatic heterocycles. The van der Waals surface area contributed by atoms with Crippen LogP contribution in [-0.4, -0.2) is 42.7 Å². The maximum absolute atomic E-state index is 11.6. The highest BCUT2D eigenvalue weighted by atomic mass is 16.6. The van der Waals surface area contributed by atoms with Crippen LogP contribution >= 0.6 is 0 Å². The summed E-state index contributed by atoms with van der Waals surface area (Å²) in [6, 6.07) is -0.0212. The lowest BCUT2D eigenvalue weighted by atomic mass is 10.2. The Labute approximate surface area is 125 Å². The Balaban J connectivity index is 3.83. The summed E-state index contributed by atoms with van der Waals surface area (Å²) in [6.07, 6.45) is 0.895. The van der Waals surface area contributed by atoms with E-state index in [2.05, 4.69) is 15.6 Å². The van der Waals surface area contributed by atoms with Gasteiger partial charge in [-0.2, -0.15) is 0 Å². The Morgan fingerprint density at radius 3 is 2.43 bits per heavy atom. The third kappa shape index (κ3) is 12.8. The molecule has 122 valence electrons. The van der Waals surface area contributed by atoms with Gasteiger partial charge in [-0.1, -0.05) is 0 Å². The molecular formula is C13H27N5O3. The van der Waals surface area contributed by atoms with E-state index in [1.165, 1.54) is 0 Å². The molecule has 0 spiro atoms. The number of nitrogens with zero attached hydrogens (tertiary/aromatic N) is 1. The van der Waals surface area contributed by atoms with E-state index in [0.29, 0.717) is 6.54 Å². The Morgan fingerprint density at radius 1 is 1.29 bits per heavy atom. The number of nitrogens with two attached hydrogens (primary N) is 2. The number of carbonyl (C=O) groups is 2. The van der Waals surface area contributed by atoms with Gasteiger partial charge in [0, 0.05) is 12.6 Å². The van der Waals surface area contributed by atoms with E-state index in [-0.39, 0.29) is 24.5 Å². The minimum absolute atomic E-state index is 0.0212. The van der Waals surface area contributed by atoms with Gasteiger partial charge in [0.25, 0.3) is 0 Å². The highest BCUT2D eigenvalue weighted by Gasteiger charge is 2.16. The van der Waals surface area contributed by atoms with Crippen molar-refractivity contribution in [2.24, 2.45) is 16.5 Å². The number of ether oxygens (including phenoxy) is 1. The molecular weight excluding hydrogens is 274 g/mol. The molecule has 0 saturated carbocycles. The second kappa shape index (κ2) is 9.04. The second-order valence-corrected chi connectivity index (χ2v) is 5.77. The third-order valence-corrected chi connectivity index (χ3v) is 2.29. The van der Waals surface area contributed by atoms with E-state index < -0.39 is 11.7 Å². The van der Waals surface area contributed by atoms with Crippen molar-refractivity contribution in [3.05, 3.63) is 0 Å². The molecule has 1 atom stereocenters. The zero-order valence-corrected chi connectivity index (χ0v) is 13.2. The van der Waals surface area contributed by atoms with Gasteiger partial charge in [-0.15, -0.1) is 0 Å². The molecule has 0 aromatic carbocycles. The Morgan fingerprint density at radius 2 is 1.90 bits per heavy atom.